The van der Waals surface area contributed by atoms with Gasteiger partial charge in [0, 0.05) is 6.04 Å². The number of sulfonamides is 1. The summed E-state index contributed by atoms with van der Waals surface area (Å²) in [5.41, 5.74) is 1.09. The predicted molar refractivity (Wildman–Crippen MR) is 62.8 cm³/mol. The Kier molecular flexibility index (Phi) is 4.09. The fraction of sp³-hybridized carbons (Fsp3) is 0.700. The van der Waals surface area contributed by atoms with Gasteiger partial charge in [-0.15, -0.1) is 0 Å². The van der Waals surface area contributed by atoms with Crippen LogP contribution in [0.5, 0.6) is 0 Å². The smallest absolute Gasteiger partial charge is 0.244 e. The van der Waals surface area contributed by atoms with E-state index in [1.165, 1.54) is 0 Å². The summed E-state index contributed by atoms with van der Waals surface area (Å²) in [7, 11) is -3.45. The van der Waals surface area contributed by atoms with Crippen LogP contribution in [-0.2, 0) is 10.0 Å². The molecule has 0 aromatic carbocycles. The highest BCUT2D eigenvalue weighted by Crippen LogP contribution is 2.17. The van der Waals surface area contributed by atoms with Crippen molar-refractivity contribution in [3.05, 3.63) is 11.4 Å². The van der Waals surface area contributed by atoms with Gasteiger partial charge in [0.15, 0.2) is 0 Å². The van der Waals surface area contributed by atoms with E-state index in [0.717, 1.165) is 12.8 Å². The number of aromatic amines is 1. The topological polar surface area (TPSA) is 74.8 Å². The molecule has 16 heavy (non-hydrogen) atoms. The van der Waals surface area contributed by atoms with Crippen LogP contribution >= 0.6 is 0 Å². The summed E-state index contributed by atoms with van der Waals surface area (Å²) in [5, 5.41) is 6.58. The van der Waals surface area contributed by atoms with Gasteiger partial charge in [0.25, 0.3) is 0 Å². The molecule has 6 heteroatoms. The summed E-state index contributed by atoms with van der Waals surface area (Å²) in [5.74, 6) is 0. The summed E-state index contributed by atoms with van der Waals surface area (Å²) in [4.78, 5) is 0.277. The second kappa shape index (κ2) is 4.97. The molecule has 0 saturated heterocycles. The maximum absolute atomic E-state index is 12.1. The van der Waals surface area contributed by atoms with Gasteiger partial charge >= 0.3 is 0 Å². The van der Waals surface area contributed by atoms with Crippen molar-refractivity contribution in [2.24, 2.45) is 0 Å². The fourth-order valence-corrected chi connectivity index (χ4v) is 3.44. The zero-order chi connectivity index (χ0) is 12.3. The molecule has 0 aliphatic rings. The predicted octanol–water partition coefficient (Wildman–Crippen LogP) is 1.49. The van der Waals surface area contributed by atoms with E-state index in [9.17, 15) is 8.42 Å². The molecule has 1 heterocycles. The first-order valence-electron chi connectivity index (χ1n) is 5.46. The summed E-state index contributed by atoms with van der Waals surface area (Å²) in [6.45, 7) is 7.32. The maximum Gasteiger partial charge on any atom is 0.244 e. The van der Waals surface area contributed by atoms with Crippen LogP contribution in [0.2, 0.25) is 0 Å². The van der Waals surface area contributed by atoms with Crippen LogP contribution in [0, 0.1) is 13.8 Å². The third-order valence-electron chi connectivity index (χ3n) is 2.64. The average molecular weight is 245 g/mol. The van der Waals surface area contributed by atoms with Gasteiger partial charge in [-0.05, 0) is 26.7 Å². The lowest BCUT2D eigenvalue weighted by atomic mass is 10.2. The van der Waals surface area contributed by atoms with Crippen molar-refractivity contribution in [2.45, 2.75) is 51.5 Å². The number of hydrogen-bond acceptors (Lipinski definition) is 3. The lowest BCUT2D eigenvalue weighted by Gasteiger charge is -2.14. The van der Waals surface area contributed by atoms with Crippen molar-refractivity contribution in [2.75, 3.05) is 0 Å². The van der Waals surface area contributed by atoms with Crippen LogP contribution in [0.4, 0.5) is 0 Å². The molecular weight excluding hydrogens is 226 g/mol. The minimum atomic E-state index is -3.45. The van der Waals surface area contributed by atoms with Gasteiger partial charge in [-0.2, -0.15) is 5.10 Å². The van der Waals surface area contributed by atoms with E-state index in [1.807, 2.05) is 13.8 Å². The van der Waals surface area contributed by atoms with E-state index in [1.54, 1.807) is 13.8 Å². The molecule has 0 amide bonds. The van der Waals surface area contributed by atoms with Crippen molar-refractivity contribution in [3.8, 4) is 0 Å². The second-order valence-corrected chi connectivity index (χ2v) is 5.55. The minimum Gasteiger partial charge on any atom is -0.281 e. The Hall–Kier alpha value is -0.880. The first-order valence-corrected chi connectivity index (χ1v) is 6.94. The molecule has 0 spiro atoms. The first kappa shape index (κ1) is 13.2. The fourth-order valence-electron chi connectivity index (χ4n) is 1.67. The van der Waals surface area contributed by atoms with Crippen molar-refractivity contribution < 1.29 is 8.42 Å². The van der Waals surface area contributed by atoms with Gasteiger partial charge in [-0.25, -0.2) is 13.1 Å². The molecule has 0 aliphatic carbocycles. The number of nitrogens with zero attached hydrogens (tertiary/aromatic N) is 1. The number of H-pyrrole nitrogens is 1. The third-order valence-corrected chi connectivity index (χ3v) is 4.42. The summed E-state index contributed by atoms with van der Waals surface area (Å²) >= 11 is 0. The van der Waals surface area contributed by atoms with Crippen molar-refractivity contribution >= 4 is 10.0 Å². The van der Waals surface area contributed by atoms with Gasteiger partial charge in [0.1, 0.15) is 4.90 Å². The molecule has 92 valence electrons. The van der Waals surface area contributed by atoms with Gasteiger partial charge in [0.2, 0.25) is 10.0 Å². The van der Waals surface area contributed by atoms with Crippen LogP contribution in [0.3, 0.4) is 0 Å². The Morgan fingerprint density at radius 1 is 1.31 bits per heavy atom. The normalized spacial score (nSPS) is 12.3. The molecule has 0 fully saturated rings. The van der Waals surface area contributed by atoms with E-state index in [0.29, 0.717) is 11.4 Å². The number of nitrogens with one attached hydrogen (secondary N) is 2. The Morgan fingerprint density at radius 3 is 2.25 bits per heavy atom. The molecular formula is C10H19N3O2S. The summed E-state index contributed by atoms with van der Waals surface area (Å²) < 4.78 is 26.9. The monoisotopic (exact) mass is 245 g/mol. The SMILES string of the molecule is CCC(CC)NS(=O)(=O)c1c(C)n[nH]c1C. The standard InChI is InChI=1S/C10H19N3O2S/c1-5-9(6-2)13-16(14,15)10-7(3)11-12-8(10)4/h9,13H,5-6H2,1-4H3,(H,11,12). The second-order valence-electron chi connectivity index (χ2n) is 3.90. The molecule has 1 rings (SSSR count). The molecule has 0 atom stereocenters. The van der Waals surface area contributed by atoms with Crippen LogP contribution in [0.25, 0.3) is 0 Å². The molecule has 0 aliphatic heterocycles. The van der Waals surface area contributed by atoms with Gasteiger partial charge in [-0.1, -0.05) is 13.8 Å². The molecule has 0 bridgehead atoms. The number of rotatable bonds is 5. The maximum atomic E-state index is 12.1. The quantitative estimate of drug-likeness (QED) is 0.825. The van der Waals surface area contributed by atoms with Crippen molar-refractivity contribution in [1.29, 1.82) is 0 Å². The van der Waals surface area contributed by atoms with Crippen LogP contribution in [0.1, 0.15) is 38.1 Å². The van der Waals surface area contributed by atoms with E-state index in [-0.39, 0.29) is 10.9 Å². The number of aromatic nitrogens is 2. The van der Waals surface area contributed by atoms with Crippen LogP contribution in [-0.4, -0.2) is 24.7 Å². The van der Waals surface area contributed by atoms with Crippen molar-refractivity contribution in [1.82, 2.24) is 14.9 Å². The number of hydrogen-bond donors (Lipinski definition) is 2. The zero-order valence-electron chi connectivity index (χ0n) is 10.2. The van der Waals surface area contributed by atoms with Gasteiger partial charge in [0.05, 0.1) is 11.4 Å². The molecule has 1 aromatic rings. The van der Waals surface area contributed by atoms with Gasteiger partial charge in [-0.3, -0.25) is 5.10 Å². The largest absolute Gasteiger partial charge is 0.281 e. The Balaban J connectivity index is 3.03. The average Bonchev–Trinajstić information content (AvgIpc) is 2.55. The highest BCUT2D eigenvalue weighted by molar-refractivity contribution is 7.89. The lowest BCUT2D eigenvalue weighted by molar-refractivity contribution is 0.529. The number of aryl methyl sites for hydroxylation is 2. The Morgan fingerprint density at radius 2 is 1.88 bits per heavy atom. The molecule has 5 nitrogen and oxygen atoms in total. The summed E-state index contributed by atoms with van der Waals surface area (Å²) in [6, 6.07) is -0.0151. The molecule has 1 aromatic heterocycles. The van der Waals surface area contributed by atoms with Crippen LogP contribution in [0.15, 0.2) is 4.90 Å². The van der Waals surface area contributed by atoms with E-state index < -0.39 is 10.0 Å². The Bertz CT molecular complexity index is 427. The highest BCUT2D eigenvalue weighted by Gasteiger charge is 2.24. The molecule has 2 N–H and O–H groups in total. The summed E-state index contributed by atoms with van der Waals surface area (Å²) in [6.07, 6.45) is 1.57. The third kappa shape index (κ3) is 2.62. The van der Waals surface area contributed by atoms with Crippen molar-refractivity contribution in [3.63, 3.8) is 0 Å². The van der Waals surface area contributed by atoms with E-state index >= 15 is 0 Å². The lowest BCUT2D eigenvalue weighted by Crippen LogP contribution is -2.34. The minimum absolute atomic E-state index is 0.0151. The van der Waals surface area contributed by atoms with E-state index in [4.69, 9.17) is 0 Å². The Labute approximate surface area is 96.7 Å². The molecule has 0 unspecified atom stereocenters. The highest BCUT2D eigenvalue weighted by atomic mass is 32.2. The first-order chi connectivity index (χ1) is 7.42. The van der Waals surface area contributed by atoms with Gasteiger partial charge < -0.3 is 0 Å². The zero-order valence-corrected chi connectivity index (χ0v) is 11.0. The van der Waals surface area contributed by atoms with Crippen LogP contribution < -0.4 is 4.72 Å². The molecule has 0 saturated carbocycles. The molecule has 0 radical (unpaired) electrons. The van der Waals surface area contributed by atoms with E-state index in [2.05, 4.69) is 14.9 Å².